The van der Waals surface area contributed by atoms with Crippen LogP contribution in [0.25, 0.3) is 5.69 Å². The Bertz CT molecular complexity index is 849. The zero-order valence-corrected chi connectivity index (χ0v) is 13.1. The summed E-state index contributed by atoms with van der Waals surface area (Å²) < 4.78 is 66.1. The van der Waals surface area contributed by atoms with Gasteiger partial charge in [0, 0.05) is 4.90 Å². The van der Waals surface area contributed by atoms with E-state index in [1.165, 1.54) is 30.7 Å². The lowest BCUT2D eigenvalue weighted by atomic mass is 10.0. The Balaban J connectivity index is 1.95. The van der Waals surface area contributed by atoms with Crippen molar-refractivity contribution in [2.24, 2.45) is 0 Å². The highest BCUT2D eigenvalue weighted by Crippen LogP contribution is 2.38. The van der Waals surface area contributed by atoms with Crippen molar-refractivity contribution in [1.29, 1.82) is 0 Å². The Labute approximate surface area is 142 Å². The van der Waals surface area contributed by atoms with E-state index in [0.717, 1.165) is 23.1 Å². The summed E-state index contributed by atoms with van der Waals surface area (Å²) in [5, 5.41) is 7.65. The molecule has 0 amide bonds. The molecule has 0 bridgehead atoms. The van der Waals surface area contributed by atoms with Gasteiger partial charge in [0.05, 0.1) is 30.4 Å². The largest absolute Gasteiger partial charge is 0.446 e. The SMILES string of the molecule is Fc1cncc(-n2nccn2)c1C(F)c1ccc(SC(F)(F)F)cc1. The van der Waals surface area contributed by atoms with Crippen LogP contribution in [0.15, 0.2) is 53.9 Å². The summed E-state index contributed by atoms with van der Waals surface area (Å²) >= 11 is -0.309. The Morgan fingerprint density at radius 1 is 1.00 bits per heavy atom. The van der Waals surface area contributed by atoms with Crippen LogP contribution in [0.2, 0.25) is 0 Å². The molecule has 1 aromatic carbocycles. The predicted molar refractivity (Wildman–Crippen MR) is 80.4 cm³/mol. The van der Waals surface area contributed by atoms with Crippen LogP contribution in [-0.4, -0.2) is 25.5 Å². The van der Waals surface area contributed by atoms with Crippen LogP contribution in [0.4, 0.5) is 22.0 Å². The van der Waals surface area contributed by atoms with E-state index in [1.807, 2.05) is 0 Å². The first-order valence-corrected chi connectivity index (χ1v) is 7.66. The smallest absolute Gasteiger partial charge is 0.259 e. The van der Waals surface area contributed by atoms with Crippen LogP contribution in [0, 0.1) is 5.82 Å². The third-order valence-electron chi connectivity index (χ3n) is 3.21. The van der Waals surface area contributed by atoms with E-state index in [2.05, 4.69) is 15.2 Å². The first-order chi connectivity index (χ1) is 11.8. The van der Waals surface area contributed by atoms with Gasteiger partial charge in [-0.2, -0.15) is 23.4 Å². The third kappa shape index (κ3) is 3.95. The average Bonchev–Trinajstić information content (AvgIpc) is 3.07. The summed E-state index contributed by atoms with van der Waals surface area (Å²) in [6.45, 7) is 0. The molecule has 2 heterocycles. The Morgan fingerprint density at radius 2 is 1.64 bits per heavy atom. The second-order valence-electron chi connectivity index (χ2n) is 4.85. The average molecular weight is 372 g/mol. The lowest BCUT2D eigenvalue weighted by Gasteiger charge is -2.14. The zero-order valence-electron chi connectivity index (χ0n) is 12.3. The van der Waals surface area contributed by atoms with Crippen LogP contribution < -0.4 is 0 Å². The molecule has 1 atom stereocenters. The second-order valence-corrected chi connectivity index (χ2v) is 5.99. The van der Waals surface area contributed by atoms with Gasteiger partial charge in [-0.25, -0.2) is 8.78 Å². The third-order valence-corrected chi connectivity index (χ3v) is 3.95. The molecule has 0 saturated heterocycles. The van der Waals surface area contributed by atoms with E-state index in [-0.39, 0.29) is 33.5 Å². The summed E-state index contributed by atoms with van der Waals surface area (Å²) in [6.07, 6.45) is 2.81. The fourth-order valence-electron chi connectivity index (χ4n) is 2.19. The van der Waals surface area contributed by atoms with Crippen molar-refractivity contribution in [2.45, 2.75) is 16.6 Å². The zero-order chi connectivity index (χ0) is 18.0. The van der Waals surface area contributed by atoms with Gasteiger partial charge in [0.25, 0.3) is 0 Å². The molecule has 4 nitrogen and oxygen atoms in total. The van der Waals surface area contributed by atoms with Crippen LogP contribution in [0.3, 0.4) is 0 Å². The number of pyridine rings is 1. The number of thioether (sulfide) groups is 1. The molecule has 0 aliphatic carbocycles. The molecule has 1 unspecified atom stereocenters. The van der Waals surface area contributed by atoms with Gasteiger partial charge in [-0.15, -0.1) is 4.80 Å². The maximum Gasteiger partial charge on any atom is 0.446 e. The van der Waals surface area contributed by atoms with Gasteiger partial charge in [0.1, 0.15) is 11.5 Å². The molecule has 10 heteroatoms. The van der Waals surface area contributed by atoms with E-state index in [4.69, 9.17) is 0 Å². The van der Waals surface area contributed by atoms with Crippen LogP contribution in [0.5, 0.6) is 0 Å². The topological polar surface area (TPSA) is 43.6 Å². The van der Waals surface area contributed by atoms with E-state index in [9.17, 15) is 22.0 Å². The number of aromatic nitrogens is 4. The van der Waals surface area contributed by atoms with Crippen molar-refractivity contribution in [3.8, 4) is 5.69 Å². The van der Waals surface area contributed by atoms with Crippen LogP contribution in [-0.2, 0) is 0 Å². The van der Waals surface area contributed by atoms with Crippen molar-refractivity contribution in [2.75, 3.05) is 0 Å². The standard InChI is InChI=1S/C15H9F5N4S/c16-11-7-21-8-12(24-22-5-6-23-24)13(11)14(17)9-1-3-10(4-2-9)25-15(18,19)20/h1-8,14H. The molecule has 3 aromatic rings. The van der Waals surface area contributed by atoms with Crippen molar-refractivity contribution >= 4 is 11.8 Å². The molecular formula is C15H9F5N4S. The fraction of sp³-hybridized carbons (Fsp3) is 0.133. The minimum absolute atomic E-state index is 0.00466. The van der Waals surface area contributed by atoms with Crippen LogP contribution >= 0.6 is 11.8 Å². The minimum atomic E-state index is -4.44. The Kier molecular flexibility index (Phi) is 4.71. The first-order valence-electron chi connectivity index (χ1n) is 6.85. The number of nitrogens with zero attached hydrogens (tertiary/aromatic N) is 4. The molecule has 2 aromatic heterocycles. The molecular weight excluding hydrogens is 363 g/mol. The monoisotopic (exact) mass is 372 g/mol. The van der Waals surface area contributed by atoms with E-state index >= 15 is 0 Å². The van der Waals surface area contributed by atoms with Crippen molar-refractivity contribution in [1.82, 2.24) is 20.0 Å². The van der Waals surface area contributed by atoms with Gasteiger partial charge in [-0.05, 0) is 29.5 Å². The summed E-state index contributed by atoms with van der Waals surface area (Å²) in [5.74, 6) is -0.906. The molecule has 0 spiro atoms. The molecule has 0 saturated carbocycles. The van der Waals surface area contributed by atoms with E-state index < -0.39 is 17.5 Å². The number of benzene rings is 1. The quantitative estimate of drug-likeness (QED) is 0.501. The molecule has 0 fully saturated rings. The predicted octanol–water partition coefficient (Wildman–Crippen LogP) is 4.47. The maximum absolute atomic E-state index is 14.9. The van der Waals surface area contributed by atoms with Crippen molar-refractivity contribution in [3.05, 3.63) is 66.0 Å². The molecule has 0 aliphatic rings. The summed E-state index contributed by atoms with van der Waals surface area (Å²) in [6, 6.07) is 4.62. The second kappa shape index (κ2) is 6.79. The molecule has 25 heavy (non-hydrogen) atoms. The fourth-order valence-corrected chi connectivity index (χ4v) is 2.73. The first kappa shape index (κ1) is 17.3. The number of halogens is 5. The molecule has 0 N–H and O–H groups in total. The summed E-state index contributed by atoms with van der Waals surface area (Å²) in [7, 11) is 0. The number of hydrogen-bond donors (Lipinski definition) is 0. The van der Waals surface area contributed by atoms with E-state index in [0.29, 0.717) is 0 Å². The molecule has 0 aliphatic heterocycles. The van der Waals surface area contributed by atoms with Gasteiger partial charge in [0.15, 0.2) is 6.17 Å². The van der Waals surface area contributed by atoms with Gasteiger partial charge in [-0.3, -0.25) is 4.98 Å². The van der Waals surface area contributed by atoms with Gasteiger partial charge >= 0.3 is 5.51 Å². The maximum atomic E-state index is 14.9. The van der Waals surface area contributed by atoms with Crippen LogP contribution in [0.1, 0.15) is 17.3 Å². The normalized spacial score (nSPS) is 13.0. The minimum Gasteiger partial charge on any atom is -0.259 e. The Morgan fingerprint density at radius 3 is 2.24 bits per heavy atom. The number of rotatable bonds is 4. The van der Waals surface area contributed by atoms with Gasteiger partial charge in [0.2, 0.25) is 0 Å². The number of hydrogen-bond acceptors (Lipinski definition) is 4. The highest BCUT2D eigenvalue weighted by molar-refractivity contribution is 8.00. The highest BCUT2D eigenvalue weighted by atomic mass is 32.2. The van der Waals surface area contributed by atoms with Crippen molar-refractivity contribution < 1.29 is 22.0 Å². The molecule has 130 valence electrons. The Hall–Kier alpha value is -2.49. The van der Waals surface area contributed by atoms with Crippen molar-refractivity contribution in [3.63, 3.8) is 0 Å². The van der Waals surface area contributed by atoms with E-state index in [1.54, 1.807) is 0 Å². The van der Waals surface area contributed by atoms with Gasteiger partial charge < -0.3 is 0 Å². The lowest BCUT2D eigenvalue weighted by Crippen LogP contribution is -2.09. The highest BCUT2D eigenvalue weighted by Gasteiger charge is 2.29. The molecule has 3 rings (SSSR count). The number of alkyl halides is 4. The summed E-state index contributed by atoms with van der Waals surface area (Å²) in [4.78, 5) is 4.59. The molecule has 0 radical (unpaired) electrons. The summed E-state index contributed by atoms with van der Waals surface area (Å²) in [5.41, 5.74) is -4.77. The van der Waals surface area contributed by atoms with Gasteiger partial charge in [-0.1, -0.05) is 12.1 Å². The lowest BCUT2D eigenvalue weighted by molar-refractivity contribution is -0.0328.